The maximum absolute atomic E-state index is 5.26. The van der Waals surface area contributed by atoms with Gasteiger partial charge in [0.15, 0.2) is 5.96 Å². The molecular formula is C16H26IN3OS. The molecule has 2 rings (SSSR count). The van der Waals surface area contributed by atoms with Crippen LogP contribution in [-0.4, -0.2) is 48.6 Å². The fourth-order valence-electron chi connectivity index (χ4n) is 2.49. The lowest BCUT2D eigenvalue weighted by Crippen LogP contribution is -2.50. The topological polar surface area (TPSA) is 36.9 Å². The van der Waals surface area contributed by atoms with E-state index in [9.17, 15) is 0 Å². The van der Waals surface area contributed by atoms with Crippen LogP contribution in [0.1, 0.15) is 19.4 Å². The number of thioether (sulfide) groups is 1. The van der Waals surface area contributed by atoms with Crippen molar-refractivity contribution in [1.82, 2.24) is 10.2 Å². The maximum Gasteiger partial charge on any atom is 0.193 e. The number of halogens is 1. The summed E-state index contributed by atoms with van der Waals surface area (Å²) in [4.78, 5) is 6.77. The Kier molecular flexibility index (Phi) is 7.82. The predicted molar refractivity (Wildman–Crippen MR) is 107 cm³/mol. The summed E-state index contributed by atoms with van der Waals surface area (Å²) in [5.74, 6) is 3.01. The summed E-state index contributed by atoms with van der Waals surface area (Å²) in [7, 11) is 3.54. The highest BCUT2D eigenvalue weighted by atomic mass is 127. The first-order chi connectivity index (χ1) is 10.0. The van der Waals surface area contributed by atoms with Crippen molar-refractivity contribution in [2.75, 3.05) is 33.0 Å². The molecule has 0 aromatic heterocycles. The predicted octanol–water partition coefficient (Wildman–Crippen LogP) is 3.22. The van der Waals surface area contributed by atoms with Gasteiger partial charge in [0, 0.05) is 37.2 Å². The Labute approximate surface area is 155 Å². The lowest BCUT2D eigenvalue weighted by atomic mass is 10.2. The van der Waals surface area contributed by atoms with Gasteiger partial charge < -0.3 is 15.0 Å². The van der Waals surface area contributed by atoms with Crippen molar-refractivity contribution in [2.45, 2.75) is 25.1 Å². The first-order valence-electron chi connectivity index (χ1n) is 7.26. The standard InChI is InChI=1S/C16H25N3OS.HI/c1-16(2)12-19(8-9-21-16)15(17-3)18-11-13-6-5-7-14(10-13)20-4;/h5-7,10H,8-9,11-12H2,1-4H3,(H,17,18);1H. The van der Waals surface area contributed by atoms with Crippen molar-refractivity contribution >= 4 is 41.7 Å². The highest BCUT2D eigenvalue weighted by Crippen LogP contribution is 2.29. The molecule has 0 radical (unpaired) electrons. The summed E-state index contributed by atoms with van der Waals surface area (Å²) >= 11 is 2.03. The zero-order valence-corrected chi connectivity index (χ0v) is 16.9. The van der Waals surface area contributed by atoms with E-state index in [1.165, 1.54) is 5.56 Å². The first-order valence-corrected chi connectivity index (χ1v) is 8.25. The first kappa shape index (κ1) is 19.4. The number of aliphatic imine (C=N–C) groups is 1. The molecule has 1 fully saturated rings. The minimum Gasteiger partial charge on any atom is -0.497 e. The summed E-state index contributed by atoms with van der Waals surface area (Å²) in [6, 6.07) is 8.12. The summed E-state index contributed by atoms with van der Waals surface area (Å²) in [6.07, 6.45) is 0. The molecule has 0 atom stereocenters. The Morgan fingerprint density at radius 3 is 2.86 bits per heavy atom. The van der Waals surface area contributed by atoms with Crippen LogP contribution in [0.2, 0.25) is 0 Å². The monoisotopic (exact) mass is 435 g/mol. The number of methoxy groups -OCH3 is 1. The number of nitrogens with zero attached hydrogens (tertiary/aromatic N) is 2. The van der Waals surface area contributed by atoms with Crippen LogP contribution in [0, 0.1) is 0 Å². The smallest absolute Gasteiger partial charge is 0.193 e. The molecule has 1 aromatic carbocycles. The second-order valence-corrected chi connectivity index (χ2v) is 7.58. The van der Waals surface area contributed by atoms with Crippen molar-refractivity contribution in [3.63, 3.8) is 0 Å². The van der Waals surface area contributed by atoms with E-state index < -0.39 is 0 Å². The molecule has 1 aliphatic heterocycles. The molecule has 0 unspecified atom stereocenters. The molecule has 1 aliphatic rings. The fraction of sp³-hybridized carbons (Fsp3) is 0.562. The van der Waals surface area contributed by atoms with Crippen molar-refractivity contribution < 1.29 is 4.74 Å². The van der Waals surface area contributed by atoms with Gasteiger partial charge in [0.2, 0.25) is 0 Å². The Hall–Kier alpha value is -0.630. The van der Waals surface area contributed by atoms with E-state index in [-0.39, 0.29) is 28.7 Å². The fourth-order valence-corrected chi connectivity index (χ4v) is 3.60. The molecule has 4 nitrogen and oxygen atoms in total. The van der Waals surface area contributed by atoms with Gasteiger partial charge in [-0.1, -0.05) is 12.1 Å². The summed E-state index contributed by atoms with van der Waals surface area (Å²) in [5.41, 5.74) is 1.20. The molecule has 1 aromatic rings. The van der Waals surface area contributed by atoms with Gasteiger partial charge in [-0.3, -0.25) is 4.99 Å². The Balaban J connectivity index is 0.00000242. The van der Waals surface area contributed by atoms with E-state index in [0.29, 0.717) is 0 Å². The minimum atomic E-state index is 0. The van der Waals surface area contributed by atoms with Crippen LogP contribution in [0.4, 0.5) is 0 Å². The summed E-state index contributed by atoms with van der Waals surface area (Å²) in [5, 5.41) is 3.46. The molecule has 22 heavy (non-hydrogen) atoms. The van der Waals surface area contributed by atoms with Gasteiger partial charge in [0.25, 0.3) is 0 Å². The zero-order chi connectivity index (χ0) is 15.3. The van der Waals surface area contributed by atoms with Gasteiger partial charge in [-0.25, -0.2) is 0 Å². The van der Waals surface area contributed by atoms with Crippen LogP contribution in [0.5, 0.6) is 5.75 Å². The van der Waals surface area contributed by atoms with Crippen molar-refractivity contribution in [3.8, 4) is 5.75 Å². The number of hydrogen-bond acceptors (Lipinski definition) is 3. The van der Waals surface area contributed by atoms with Crippen LogP contribution in [-0.2, 0) is 6.54 Å². The van der Waals surface area contributed by atoms with E-state index >= 15 is 0 Å². The van der Waals surface area contributed by atoms with Crippen molar-refractivity contribution in [1.29, 1.82) is 0 Å². The number of benzene rings is 1. The van der Waals surface area contributed by atoms with Crippen LogP contribution in [0.15, 0.2) is 29.3 Å². The number of rotatable bonds is 3. The lowest BCUT2D eigenvalue weighted by Gasteiger charge is -2.39. The van der Waals surface area contributed by atoms with Gasteiger partial charge in [-0.2, -0.15) is 11.8 Å². The largest absolute Gasteiger partial charge is 0.497 e. The van der Waals surface area contributed by atoms with Crippen LogP contribution in [0.3, 0.4) is 0 Å². The highest BCUT2D eigenvalue weighted by Gasteiger charge is 2.28. The van der Waals surface area contributed by atoms with Crippen LogP contribution in [0.25, 0.3) is 0 Å². The molecule has 0 bridgehead atoms. The summed E-state index contributed by atoms with van der Waals surface area (Å²) < 4.78 is 5.54. The molecule has 0 aliphatic carbocycles. The average Bonchev–Trinajstić information content (AvgIpc) is 2.47. The van der Waals surface area contributed by atoms with Gasteiger partial charge >= 0.3 is 0 Å². The van der Waals surface area contributed by atoms with E-state index in [4.69, 9.17) is 4.74 Å². The summed E-state index contributed by atoms with van der Waals surface area (Å²) in [6.45, 7) is 7.41. The molecule has 0 spiro atoms. The molecule has 0 saturated carbocycles. The third-order valence-corrected chi connectivity index (χ3v) is 4.82. The Morgan fingerprint density at radius 1 is 1.45 bits per heavy atom. The third kappa shape index (κ3) is 5.53. The average molecular weight is 435 g/mol. The van der Waals surface area contributed by atoms with Crippen LogP contribution >= 0.6 is 35.7 Å². The SMILES string of the molecule is CN=C(NCc1cccc(OC)c1)N1CCSC(C)(C)C1.I. The zero-order valence-electron chi connectivity index (χ0n) is 13.8. The van der Waals surface area contributed by atoms with Gasteiger partial charge in [0.1, 0.15) is 5.75 Å². The Morgan fingerprint density at radius 2 is 2.23 bits per heavy atom. The number of ether oxygens (including phenoxy) is 1. The molecule has 1 saturated heterocycles. The van der Waals surface area contributed by atoms with E-state index in [0.717, 1.165) is 37.1 Å². The van der Waals surface area contributed by atoms with Gasteiger partial charge in [0.05, 0.1) is 7.11 Å². The molecule has 0 amide bonds. The number of guanidine groups is 1. The lowest BCUT2D eigenvalue weighted by molar-refractivity contribution is 0.375. The molecule has 124 valence electrons. The number of nitrogens with one attached hydrogen (secondary N) is 1. The van der Waals surface area contributed by atoms with Crippen LogP contribution < -0.4 is 10.1 Å². The minimum absolute atomic E-state index is 0. The van der Waals surface area contributed by atoms with Crippen molar-refractivity contribution in [3.05, 3.63) is 29.8 Å². The highest BCUT2D eigenvalue weighted by molar-refractivity contribution is 14.0. The second-order valence-electron chi connectivity index (χ2n) is 5.78. The van der Waals surface area contributed by atoms with E-state index in [1.807, 2.05) is 30.9 Å². The maximum atomic E-state index is 5.26. The van der Waals surface area contributed by atoms with Crippen molar-refractivity contribution in [2.24, 2.45) is 4.99 Å². The molecule has 1 heterocycles. The quantitative estimate of drug-likeness (QED) is 0.450. The Bertz CT molecular complexity index is 508. The second kappa shape index (κ2) is 8.86. The molecule has 1 N–H and O–H groups in total. The van der Waals surface area contributed by atoms with E-state index in [2.05, 4.69) is 41.2 Å². The third-order valence-electron chi connectivity index (χ3n) is 3.52. The van der Waals surface area contributed by atoms with Gasteiger partial charge in [-0.05, 0) is 31.5 Å². The van der Waals surface area contributed by atoms with Gasteiger partial charge in [-0.15, -0.1) is 24.0 Å². The molecule has 6 heteroatoms. The number of hydrogen-bond donors (Lipinski definition) is 1. The molecular weight excluding hydrogens is 409 g/mol. The normalized spacial score (nSPS) is 17.6. The van der Waals surface area contributed by atoms with E-state index in [1.54, 1.807) is 7.11 Å².